The molecule has 0 N–H and O–H groups in total. The summed E-state index contributed by atoms with van der Waals surface area (Å²) in [7, 11) is 0. The molecule has 1 aromatic rings. The molecule has 0 heterocycles. The van der Waals surface area contributed by atoms with Crippen LogP contribution >= 0.6 is 0 Å². The summed E-state index contributed by atoms with van der Waals surface area (Å²) in [5.41, 5.74) is 1.10. The second kappa shape index (κ2) is 8.33. The highest BCUT2D eigenvalue weighted by molar-refractivity contribution is 5.92. The Kier molecular flexibility index (Phi) is 5.90. The van der Waals surface area contributed by atoms with E-state index < -0.39 is 0 Å². The van der Waals surface area contributed by atoms with Gasteiger partial charge in [-0.05, 0) is 37.3 Å². The molecule has 3 rings (SSSR count). The van der Waals surface area contributed by atoms with Crippen molar-refractivity contribution in [3.8, 4) is 0 Å². The predicted octanol–water partition coefficient (Wildman–Crippen LogP) is 5.19. The summed E-state index contributed by atoms with van der Waals surface area (Å²) in [5.74, 6) is 0.229. The Balaban J connectivity index is 1.73. The van der Waals surface area contributed by atoms with Gasteiger partial charge in [-0.1, -0.05) is 68.9 Å². The number of hydrogen-bond acceptors (Lipinski definition) is 1. The second-order valence-corrected chi connectivity index (χ2v) is 7.07. The first-order chi connectivity index (χ1) is 11.3. The third kappa shape index (κ3) is 4.46. The third-order valence-electron chi connectivity index (χ3n) is 5.41. The van der Waals surface area contributed by atoms with E-state index in [2.05, 4.69) is 17.0 Å². The van der Waals surface area contributed by atoms with Crippen LogP contribution in [0.1, 0.15) is 69.8 Å². The molecule has 2 nitrogen and oxygen atoms in total. The zero-order chi connectivity index (χ0) is 15.9. The smallest absolute Gasteiger partial charge is 0.247 e. The molecule has 2 aliphatic rings. The minimum atomic E-state index is 0.229. The fraction of sp³-hybridized carbons (Fsp3) is 0.571. The van der Waals surface area contributed by atoms with E-state index in [1.807, 2.05) is 24.3 Å². The molecule has 2 aliphatic carbocycles. The van der Waals surface area contributed by atoms with Gasteiger partial charge in [-0.25, -0.2) is 0 Å². The van der Waals surface area contributed by atoms with Crippen molar-refractivity contribution in [2.24, 2.45) is 0 Å². The van der Waals surface area contributed by atoms with Gasteiger partial charge in [-0.3, -0.25) is 4.79 Å². The molecule has 2 heteroatoms. The fourth-order valence-electron chi connectivity index (χ4n) is 4.19. The molecule has 0 spiro atoms. The Morgan fingerprint density at radius 3 is 1.87 bits per heavy atom. The molecule has 0 radical (unpaired) electrons. The molecule has 23 heavy (non-hydrogen) atoms. The van der Waals surface area contributed by atoms with Crippen molar-refractivity contribution in [1.29, 1.82) is 0 Å². The van der Waals surface area contributed by atoms with Crippen LogP contribution in [0.2, 0.25) is 0 Å². The minimum Gasteiger partial charge on any atom is -0.333 e. The summed E-state index contributed by atoms with van der Waals surface area (Å²) in [6.45, 7) is 0. The van der Waals surface area contributed by atoms with Crippen LogP contribution in [0.4, 0.5) is 0 Å². The molecule has 0 bridgehead atoms. The summed E-state index contributed by atoms with van der Waals surface area (Å²) >= 11 is 0. The molecular formula is C21H29NO. The summed E-state index contributed by atoms with van der Waals surface area (Å²) in [6.07, 6.45) is 16.4. The monoisotopic (exact) mass is 311 g/mol. The molecule has 1 aromatic carbocycles. The van der Waals surface area contributed by atoms with Crippen molar-refractivity contribution in [2.45, 2.75) is 76.3 Å². The molecule has 0 unspecified atom stereocenters. The molecule has 0 aliphatic heterocycles. The van der Waals surface area contributed by atoms with Gasteiger partial charge in [0.1, 0.15) is 0 Å². The molecule has 1 amide bonds. The maximum Gasteiger partial charge on any atom is 0.247 e. The quantitative estimate of drug-likeness (QED) is 0.700. The topological polar surface area (TPSA) is 20.3 Å². The van der Waals surface area contributed by atoms with Gasteiger partial charge in [0.25, 0.3) is 0 Å². The van der Waals surface area contributed by atoms with E-state index in [9.17, 15) is 4.79 Å². The molecule has 0 atom stereocenters. The molecule has 0 aromatic heterocycles. The highest BCUT2D eigenvalue weighted by Gasteiger charge is 2.31. The second-order valence-electron chi connectivity index (χ2n) is 7.07. The van der Waals surface area contributed by atoms with Crippen LogP contribution in [0.25, 0.3) is 6.08 Å². The summed E-state index contributed by atoms with van der Waals surface area (Å²) in [5, 5.41) is 0. The van der Waals surface area contributed by atoms with E-state index in [1.165, 1.54) is 64.2 Å². The van der Waals surface area contributed by atoms with E-state index in [4.69, 9.17) is 0 Å². The van der Waals surface area contributed by atoms with Gasteiger partial charge in [0.15, 0.2) is 0 Å². The number of amides is 1. The van der Waals surface area contributed by atoms with Crippen LogP contribution in [-0.2, 0) is 4.79 Å². The van der Waals surface area contributed by atoms with Crippen molar-refractivity contribution in [1.82, 2.24) is 4.90 Å². The SMILES string of the molecule is O=C(/C=C\c1ccccc1)N(C1CCCCC1)C1CCCCC1. The first-order valence-corrected chi connectivity index (χ1v) is 9.40. The number of carbonyl (C=O) groups is 1. The normalized spacial score (nSPS) is 20.7. The van der Waals surface area contributed by atoms with Gasteiger partial charge < -0.3 is 4.90 Å². The van der Waals surface area contributed by atoms with Crippen LogP contribution in [-0.4, -0.2) is 22.9 Å². The minimum absolute atomic E-state index is 0.229. The van der Waals surface area contributed by atoms with Crippen molar-refractivity contribution < 1.29 is 4.79 Å². The maximum atomic E-state index is 13.0. The third-order valence-corrected chi connectivity index (χ3v) is 5.41. The number of nitrogens with zero attached hydrogens (tertiary/aromatic N) is 1. The van der Waals surface area contributed by atoms with Gasteiger partial charge in [-0.2, -0.15) is 0 Å². The first-order valence-electron chi connectivity index (χ1n) is 9.40. The van der Waals surface area contributed by atoms with Crippen LogP contribution in [0.5, 0.6) is 0 Å². The van der Waals surface area contributed by atoms with Crippen molar-refractivity contribution in [3.63, 3.8) is 0 Å². The van der Waals surface area contributed by atoms with Gasteiger partial charge in [0.2, 0.25) is 5.91 Å². The van der Waals surface area contributed by atoms with Gasteiger partial charge in [-0.15, -0.1) is 0 Å². The first kappa shape index (κ1) is 16.3. The average molecular weight is 311 g/mol. The lowest BCUT2D eigenvalue weighted by Gasteiger charge is -2.41. The van der Waals surface area contributed by atoms with E-state index in [0.717, 1.165) is 5.56 Å². The van der Waals surface area contributed by atoms with E-state index in [0.29, 0.717) is 12.1 Å². The van der Waals surface area contributed by atoms with Crippen molar-refractivity contribution in [2.75, 3.05) is 0 Å². The van der Waals surface area contributed by atoms with E-state index in [1.54, 1.807) is 6.08 Å². The van der Waals surface area contributed by atoms with E-state index in [-0.39, 0.29) is 5.91 Å². The van der Waals surface area contributed by atoms with Gasteiger partial charge in [0.05, 0.1) is 0 Å². The van der Waals surface area contributed by atoms with Gasteiger partial charge >= 0.3 is 0 Å². The summed E-state index contributed by atoms with van der Waals surface area (Å²) < 4.78 is 0. The zero-order valence-corrected chi connectivity index (χ0v) is 14.1. The Morgan fingerprint density at radius 2 is 1.35 bits per heavy atom. The van der Waals surface area contributed by atoms with Gasteiger partial charge in [0, 0.05) is 18.2 Å². The number of hydrogen-bond donors (Lipinski definition) is 0. The van der Waals surface area contributed by atoms with Crippen LogP contribution < -0.4 is 0 Å². The molecule has 2 fully saturated rings. The lowest BCUT2D eigenvalue weighted by Crippen LogP contribution is -2.48. The Hall–Kier alpha value is -1.57. The van der Waals surface area contributed by atoms with Crippen LogP contribution in [0, 0.1) is 0 Å². The molecular weight excluding hydrogens is 282 g/mol. The highest BCUT2D eigenvalue weighted by atomic mass is 16.2. The number of carbonyl (C=O) groups excluding carboxylic acids is 1. The van der Waals surface area contributed by atoms with Crippen LogP contribution in [0.3, 0.4) is 0 Å². The lowest BCUT2D eigenvalue weighted by atomic mass is 9.88. The Morgan fingerprint density at radius 1 is 0.826 bits per heavy atom. The van der Waals surface area contributed by atoms with E-state index >= 15 is 0 Å². The zero-order valence-electron chi connectivity index (χ0n) is 14.1. The lowest BCUT2D eigenvalue weighted by molar-refractivity contribution is -0.132. The number of rotatable bonds is 4. The summed E-state index contributed by atoms with van der Waals surface area (Å²) in [6, 6.07) is 11.1. The van der Waals surface area contributed by atoms with Crippen LogP contribution in [0.15, 0.2) is 36.4 Å². The maximum absolute atomic E-state index is 13.0. The Labute approximate surface area is 140 Å². The molecule has 124 valence electrons. The van der Waals surface area contributed by atoms with Crippen molar-refractivity contribution in [3.05, 3.63) is 42.0 Å². The fourth-order valence-corrected chi connectivity index (χ4v) is 4.19. The average Bonchev–Trinajstić information content (AvgIpc) is 2.63. The Bertz CT molecular complexity index is 492. The molecule has 0 saturated heterocycles. The number of benzene rings is 1. The predicted molar refractivity (Wildman–Crippen MR) is 96.1 cm³/mol. The largest absolute Gasteiger partial charge is 0.333 e. The molecule has 2 saturated carbocycles. The standard InChI is InChI=1S/C21H29NO/c23-21(17-16-18-10-4-1-5-11-18)22(19-12-6-2-7-13-19)20-14-8-3-9-15-20/h1,4-5,10-11,16-17,19-20H,2-3,6-9,12-15H2/b17-16-. The van der Waals surface area contributed by atoms with Crippen molar-refractivity contribution >= 4 is 12.0 Å². The highest BCUT2D eigenvalue weighted by Crippen LogP contribution is 2.30. The summed E-state index contributed by atoms with van der Waals surface area (Å²) in [4.78, 5) is 15.2.